The van der Waals surface area contributed by atoms with Gasteiger partial charge in [-0.15, -0.1) is 0 Å². The van der Waals surface area contributed by atoms with Crippen LogP contribution in [0.2, 0.25) is 0 Å². The SMILES string of the molecule is COC[C@H](NC(=O)c1ccc(N2CCN(C)CC2)cc1)c1ccccn1. The Balaban J connectivity index is 1.65. The van der Waals surface area contributed by atoms with Crippen LogP contribution in [0.15, 0.2) is 48.7 Å². The number of benzene rings is 1. The molecule has 0 aliphatic carbocycles. The lowest BCUT2D eigenvalue weighted by atomic mass is 10.1. The van der Waals surface area contributed by atoms with E-state index in [1.807, 2.05) is 42.5 Å². The highest BCUT2D eigenvalue weighted by Gasteiger charge is 2.18. The minimum absolute atomic E-state index is 0.123. The van der Waals surface area contributed by atoms with Crippen molar-refractivity contribution in [3.8, 4) is 0 Å². The zero-order chi connectivity index (χ0) is 18.4. The summed E-state index contributed by atoms with van der Waals surface area (Å²) < 4.78 is 5.24. The van der Waals surface area contributed by atoms with Crippen LogP contribution in [-0.2, 0) is 4.74 Å². The molecule has 1 N–H and O–H groups in total. The molecule has 1 fully saturated rings. The fraction of sp³-hybridized carbons (Fsp3) is 0.400. The summed E-state index contributed by atoms with van der Waals surface area (Å²) in [5.74, 6) is -0.123. The molecule has 138 valence electrons. The van der Waals surface area contributed by atoms with E-state index in [-0.39, 0.29) is 11.9 Å². The van der Waals surface area contributed by atoms with Crippen LogP contribution in [0.5, 0.6) is 0 Å². The predicted octanol–water partition coefficient (Wildman–Crippen LogP) is 1.95. The van der Waals surface area contributed by atoms with Crippen LogP contribution in [0.3, 0.4) is 0 Å². The molecule has 0 unspecified atom stereocenters. The Morgan fingerprint density at radius 2 is 1.88 bits per heavy atom. The number of methoxy groups -OCH3 is 1. The maximum atomic E-state index is 12.6. The van der Waals surface area contributed by atoms with E-state index in [1.54, 1.807) is 13.3 Å². The van der Waals surface area contributed by atoms with Crippen LogP contribution >= 0.6 is 0 Å². The van der Waals surface area contributed by atoms with Crippen LogP contribution in [0.4, 0.5) is 5.69 Å². The monoisotopic (exact) mass is 354 g/mol. The molecule has 1 aliphatic heterocycles. The summed E-state index contributed by atoms with van der Waals surface area (Å²) in [6.07, 6.45) is 1.72. The fourth-order valence-electron chi connectivity index (χ4n) is 3.08. The summed E-state index contributed by atoms with van der Waals surface area (Å²) in [7, 11) is 3.76. The number of rotatable bonds is 6. The first-order valence-electron chi connectivity index (χ1n) is 8.91. The van der Waals surface area contributed by atoms with Crippen molar-refractivity contribution < 1.29 is 9.53 Å². The number of likely N-dealkylation sites (N-methyl/N-ethyl adjacent to an activating group) is 1. The number of piperazine rings is 1. The topological polar surface area (TPSA) is 57.7 Å². The molecule has 0 bridgehead atoms. The van der Waals surface area contributed by atoms with E-state index in [1.165, 1.54) is 0 Å². The number of carbonyl (C=O) groups excluding carboxylic acids is 1. The summed E-state index contributed by atoms with van der Waals surface area (Å²) in [5, 5.41) is 3.01. The van der Waals surface area contributed by atoms with E-state index in [9.17, 15) is 4.79 Å². The van der Waals surface area contributed by atoms with Gasteiger partial charge in [0.1, 0.15) is 0 Å². The van der Waals surface area contributed by atoms with Crippen molar-refractivity contribution in [1.29, 1.82) is 0 Å². The molecule has 1 aromatic heterocycles. The molecule has 0 spiro atoms. The standard InChI is InChI=1S/C20H26N4O2/c1-23-11-13-24(14-12-23)17-8-6-16(7-9-17)20(25)22-19(15-26-2)18-5-3-4-10-21-18/h3-10,19H,11-15H2,1-2H3,(H,22,25)/t19-/m0/s1. The quantitative estimate of drug-likeness (QED) is 0.859. The Bertz CT molecular complexity index is 698. The third-order valence-corrected chi connectivity index (χ3v) is 4.68. The number of hydrogen-bond donors (Lipinski definition) is 1. The number of amides is 1. The van der Waals surface area contributed by atoms with Gasteiger partial charge in [0.25, 0.3) is 5.91 Å². The molecule has 1 atom stereocenters. The molecule has 2 aromatic rings. The van der Waals surface area contributed by atoms with E-state index >= 15 is 0 Å². The van der Waals surface area contributed by atoms with E-state index < -0.39 is 0 Å². The van der Waals surface area contributed by atoms with Crippen LogP contribution in [0.25, 0.3) is 0 Å². The van der Waals surface area contributed by atoms with Crippen LogP contribution in [0.1, 0.15) is 22.1 Å². The smallest absolute Gasteiger partial charge is 0.251 e. The van der Waals surface area contributed by atoms with Crippen molar-refractivity contribution in [3.63, 3.8) is 0 Å². The van der Waals surface area contributed by atoms with Gasteiger partial charge < -0.3 is 19.9 Å². The van der Waals surface area contributed by atoms with Gasteiger partial charge in [-0.3, -0.25) is 9.78 Å². The predicted molar refractivity (Wildman–Crippen MR) is 102 cm³/mol. The molecule has 1 aromatic carbocycles. The summed E-state index contributed by atoms with van der Waals surface area (Å²) >= 11 is 0. The molecule has 26 heavy (non-hydrogen) atoms. The zero-order valence-electron chi connectivity index (χ0n) is 15.4. The average Bonchev–Trinajstić information content (AvgIpc) is 2.69. The number of hydrogen-bond acceptors (Lipinski definition) is 5. The molecular weight excluding hydrogens is 328 g/mol. The molecule has 1 saturated heterocycles. The molecule has 1 amide bonds. The van der Waals surface area contributed by atoms with E-state index in [0.29, 0.717) is 12.2 Å². The summed E-state index contributed by atoms with van der Waals surface area (Å²) in [6.45, 7) is 4.52. The van der Waals surface area contributed by atoms with Gasteiger partial charge in [0.15, 0.2) is 0 Å². The van der Waals surface area contributed by atoms with Crippen LogP contribution in [-0.4, -0.2) is 62.7 Å². The van der Waals surface area contributed by atoms with Crippen molar-refractivity contribution in [2.45, 2.75) is 6.04 Å². The lowest BCUT2D eigenvalue weighted by molar-refractivity contribution is 0.0894. The van der Waals surface area contributed by atoms with Gasteiger partial charge in [-0.2, -0.15) is 0 Å². The van der Waals surface area contributed by atoms with Crippen LogP contribution < -0.4 is 10.2 Å². The van der Waals surface area contributed by atoms with Gasteiger partial charge in [0.2, 0.25) is 0 Å². The van der Waals surface area contributed by atoms with E-state index in [0.717, 1.165) is 37.6 Å². The van der Waals surface area contributed by atoms with Crippen molar-refractivity contribution in [3.05, 3.63) is 59.9 Å². The maximum absolute atomic E-state index is 12.6. The second kappa shape index (κ2) is 8.78. The number of nitrogens with one attached hydrogen (secondary N) is 1. The first kappa shape index (κ1) is 18.4. The van der Waals surface area contributed by atoms with E-state index in [2.05, 4.69) is 27.1 Å². The second-order valence-corrected chi connectivity index (χ2v) is 6.57. The highest BCUT2D eigenvalue weighted by atomic mass is 16.5. The lowest BCUT2D eigenvalue weighted by Crippen LogP contribution is -2.44. The molecule has 0 saturated carbocycles. The van der Waals surface area contributed by atoms with Gasteiger partial charge in [-0.05, 0) is 43.4 Å². The zero-order valence-corrected chi connectivity index (χ0v) is 15.4. The molecule has 6 nitrogen and oxygen atoms in total. The second-order valence-electron chi connectivity index (χ2n) is 6.57. The first-order valence-corrected chi connectivity index (χ1v) is 8.91. The Kier molecular flexibility index (Phi) is 6.20. The summed E-state index contributed by atoms with van der Waals surface area (Å²) in [6, 6.07) is 13.2. The van der Waals surface area contributed by atoms with Crippen molar-refractivity contribution in [1.82, 2.24) is 15.2 Å². The van der Waals surface area contributed by atoms with Gasteiger partial charge in [-0.1, -0.05) is 6.07 Å². The third-order valence-electron chi connectivity index (χ3n) is 4.68. The number of nitrogens with zero attached hydrogens (tertiary/aromatic N) is 3. The minimum Gasteiger partial charge on any atom is -0.382 e. The van der Waals surface area contributed by atoms with Crippen molar-refractivity contribution in [2.24, 2.45) is 0 Å². The van der Waals surface area contributed by atoms with E-state index in [4.69, 9.17) is 4.74 Å². The van der Waals surface area contributed by atoms with Crippen molar-refractivity contribution in [2.75, 3.05) is 51.8 Å². The summed E-state index contributed by atoms with van der Waals surface area (Å²) in [5.41, 5.74) is 2.59. The molecule has 3 rings (SSSR count). The van der Waals surface area contributed by atoms with Gasteiger partial charge >= 0.3 is 0 Å². The molecular formula is C20H26N4O2. The number of ether oxygens (including phenoxy) is 1. The Morgan fingerprint density at radius 3 is 2.50 bits per heavy atom. The molecule has 1 aliphatic rings. The summed E-state index contributed by atoms with van der Waals surface area (Å²) in [4.78, 5) is 21.6. The highest BCUT2D eigenvalue weighted by Crippen LogP contribution is 2.18. The number of aromatic nitrogens is 1. The molecule has 6 heteroatoms. The lowest BCUT2D eigenvalue weighted by Gasteiger charge is -2.34. The number of pyridine rings is 1. The average molecular weight is 354 g/mol. The number of carbonyl (C=O) groups is 1. The van der Waals surface area contributed by atoms with Gasteiger partial charge in [-0.25, -0.2) is 0 Å². The molecule has 0 radical (unpaired) electrons. The normalized spacial score (nSPS) is 16.3. The fourth-order valence-corrected chi connectivity index (χ4v) is 3.08. The Labute approximate surface area is 154 Å². The maximum Gasteiger partial charge on any atom is 0.251 e. The largest absolute Gasteiger partial charge is 0.382 e. The third kappa shape index (κ3) is 4.59. The Hall–Kier alpha value is -2.44. The first-order chi connectivity index (χ1) is 12.7. The molecule has 2 heterocycles. The van der Waals surface area contributed by atoms with Gasteiger partial charge in [0.05, 0.1) is 18.3 Å². The van der Waals surface area contributed by atoms with Crippen molar-refractivity contribution >= 4 is 11.6 Å². The minimum atomic E-state index is -0.272. The number of anilines is 1. The van der Waals surface area contributed by atoms with Crippen LogP contribution in [0, 0.1) is 0 Å². The highest BCUT2D eigenvalue weighted by molar-refractivity contribution is 5.94. The van der Waals surface area contributed by atoms with Gasteiger partial charge in [0, 0.05) is 50.7 Å². The Morgan fingerprint density at radius 1 is 1.15 bits per heavy atom.